The van der Waals surface area contributed by atoms with Crippen molar-refractivity contribution in [3.63, 3.8) is 0 Å². The first-order valence-electron chi connectivity index (χ1n) is 27.5. The van der Waals surface area contributed by atoms with E-state index in [0.717, 1.165) is 0 Å². The summed E-state index contributed by atoms with van der Waals surface area (Å²) in [7, 11) is 0. The van der Waals surface area contributed by atoms with E-state index in [1.807, 2.05) is 0 Å². The van der Waals surface area contributed by atoms with Crippen molar-refractivity contribution in [1.82, 2.24) is 9.13 Å². The molecule has 3 heteroatoms. The highest BCUT2D eigenvalue weighted by Crippen LogP contribution is 2.49. The van der Waals surface area contributed by atoms with Gasteiger partial charge >= 0.3 is 0 Å². The minimum Gasteiger partial charge on any atom is -0.310 e. The second-order valence-corrected chi connectivity index (χ2v) is 24.0. The number of hydrogen-bond acceptors (Lipinski definition) is 0. The van der Waals surface area contributed by atoms with Gasteiger partial charge in [-0.2, -0.15) is 0 Å². The lowest BCUT2D eigenvalue weighted by Crippen LogP contribution is -2.59. The van der Waals surface area contributed by atoms with Crippen LogP contribution < -0.4 is 16.4 Å². The highest BCUT2D eigenvalue weighted by atomic mass is 15.0. The Labute approximate surface area is 449 Å². The van der Waals surface area contributed by atoms with Gasteiger partial charge in [-0.15, -0.1) is 0 Å². The fourth-order valence-electron chi connectivity index (χ4n) is 14.0. The molecular formula is C74H55BN2. The van der Waals surface area contributed by atoms with Crippen molar-refractivity contribution in [2.45, 2.75) is 52.4 Å². The van der Waals surface area contributed by atoms with Crippen LogP contribution in [0.1, 0.15) is 52.7 Å². The van der Waals surface area contributed by atoms with Crippen LogP contribution >= 0.6 is 0 Å². The van der Waals surface area contributed by atoms with E-state index >= 15 is 0 Å². The van der Waals surface area contributed by atoms with Crippen LogP contribution in [-0.2, 0) is 10.8 Å². The van der Waals surface area contributed by atoms with Gasteiger partial charge < -0.3 is 9.13 Å². The summed E-state index contributed by atoms with van der Waals surface area (Å²) in [6.45, 7) is 14.1. The first-order valence-corrected chi connectivity index (χ1v) is 27.5. The molecule has 0 bridgehead atoms. The summed E-state index contributed by atoms with van der Waals surface area (Å²) >= 11 is 0. The van der Waals surface area contributed by atoms with E-state index in [4.69, 9.17) is 0 Å². The maximum Gasteiger partial charge on any atom is 0.252 e. The van der Waals surface area contributed by atoms with Gasteiger partial charge in [-0.05, 0) is 158 Å². The first-order chi connectivity index (χ1) is 37.5. The number of aromatic nitrogens is 2. The average Bonchev–Trinajstić information content (AvgIpc) is 4.06. The Morgan fingerprint density at radius 2 is 0.805 bits per heavy atom. The molecule has 0 amide bonds. The first kappa shape index (κ1) is 44.4. The molecule has 0 atom stereocenters. The Hall–Kier alpha value is -8.92. The van der Waals surface area contributed by atoms with Gasteiger partial charge in [-0.1, -0.05) is 217 Å². The second-order valence-electron chi connectivity index (χ2n) is 24.0. The second kappa shape index (κ2) is 15.8. The maximum absolute atomic E-state index is 2.68. The van der Waals surface area contributed by atoms with E-state index in [0.29, 0.717) is 0 Å². The number of rotatable bonds is 4. The predicted molar refractivity (Wildman–Crippen MR) is 331 cm³/mol. The molecule has 12 aromatic carbocycles. The van der Waals surface area contributed by atoms with Gasteiger partial charge in [0.05, 0.1) is 11.0 Å². The van der Waals surface area contributed by atoms with Crippen LogP contribution in [0.25, 0.3) is 132 Å². The zero-order chi connectivity index (χ0) is 51.6. The SMILES string of the molecule is CC(C)(C)c1ccc2c(c1)c1cc(C(C)(C)C)cc3c1n2-c1cc(-c2c(-c4ccccc4)cc(-c4ccccc4)cc2-c2ccccc2)cc2c1B3c1cccc3c4c5c6ccccc6c6ccccc6c5ccc4n-2c13. The summed E-state index contributed by atoms with van der Waals surface area (Å²) < 4.78 is 5.36. The molecule has 0 radical (unpaired) electrons. The third-order valence-corrected chi connectivity index (χ3v) is 17.5. The molecule has 16 rings (SSSR count). The number of nitrogens with zero attached hydrogens (tertiary/aromatic N) is 2. The van der Waals surface area contributed by atoms with Gasteiger partial charge in [-0.25, -0.2) is 0 Å². The van der Waals surface area contributed by atoms with Crippen molar-refractivity contribution in [2.24, 2.45) is 0 Å². The Morgan fingerprint density at radius 1 is 0.312 bits per heavy atom. The molecule has 0 unspecified atom stereocenters. The molecule has 0 N–H and O–H groups in total. The molecule has 14 aromatic rings. The van der Waals surface area contributed by atoms with Crippen LogP contribution in [0.3, 0.4) is 0 Å². The molecule has 0 saturated carbocycles. The third kappa shape index (κ3) is 6.26. The van der Waals surface area contributed by atoms with Crippen molar-refractivity contribution < 1.29 is 0 Å². The summed E-state index contributed by atoms with van der Waals surface area (Å²) in [4.78, 5) is 0. The lowest BCUT2D eigenvalue weighted by Gasteiger charge is -2.35. The predicted octanol–water partition coefficient (Wildman–Crippen LogP) is 17.7. The van der Waals surface area contributed by atoms with Gasteiger partial charge in [0.1, 0.15) is 0 Å². The molecule has 2 aromatic heterocycles. The van der Waals surface area contributed by atoms with Crippen molar-refractivity contribution in [2.75, 3.05) is 0 Å². The fourth-order valence-corrected chi connectivity index (χ4v) is 14.0. The number of fused-ring (bicyclic) bond motifs is 17. The van der Waals surface area contributed by atoms with E-state index in [-0.39, 0.29) is 17.5 Å². The highest BCUT2D eigenvalue weighted by molar-refractivity contribution is 7.00. The van der Waals surface area contributed by atoms with Gasteiger partial charge in [-0.3, -0.25) is 0 Å². The van der Waals surface area contributed by atoms with E-state index in [9.17, 15) is 0 Å². The Bertz CT molecular complexity index is 4750. The lowest BCUT2D eigenvalue weighted by molar-refractivity contribution is 0.590. The third-order valence-electron chi connectivity index (χ3n) is 17.5. The number of benzene rings is 12. The quantitative estimate of drug-likeness (QED) is 0.123. The minimum absolute atomic E-state index is 0.0213. The van der Waals surface area contributed by atoms with Gasteiger partial charge in [0.2, 0.25) is 0 Å². The molecule has 0 aliphatic carbocycles. The summed E-state index contributed by atoms with van der Waals surface area (Å²) in [6, 6.07) is 85.7. The normalized spacial score (nSPS) is 13.0. The lowest BCUT2D eigenvalue weighted by atomic mass is 9.34. The van der Waals surface area contributed by atoms with E-state index in [1.54, 1.807) is 0 Å². The monoisotopic (exact) mass is 982 g/mol. The topological polar surface area (TPSA) is 9.86 Å². The van der Waals surface area contributed by atoms with Crippen molar-refractivity contribution >= 4 is 99.0 Å². The van der Waals surface area contributed by atoms with Crippen LogP contribution in [0.15, 0.2) is 224 Å². The zero-order valence-corrected chi connectivity index (χ0v) is 44.3. The zero-order valence-electron chi connectivity index (χ0n) is 44.3. The number of para-hydroxylation sites is 1. The van der Waals surface area contributed by atoms with Crippen LogP contribution in [0.2, 0.25) is 0 Å². The van der Waals surface area contributed by atoms with Crippen molar-refractivity contribution in [1.29, 1.82) is 0 Å². The van der Waals surface area contributed by atoms with Gasteiger partial charge in [0, 0.05) is 49.3 Å². The molecule has 2 aliphatic rings. The van der Waals surface area contributed by atoms with Gasteiger partial charge in [0.15, 0.2) is 0 Å². The van der Waals surface area contributed by atoms with Crippen LogP contribution in [-0.4, -0.2) is 15.8 Å². The van der Waals surface area contributed by atoms with E-state index in [1.165, 1.54) is 159 Å². The fraction of sp³-hybridized carbons (Fsp3) is 0.108. The molecule has 4 heterocycles. The number of hydrogen-bond donors (Lipinski definition) is 0. The molecule has 364 valence electrons. The Kier molecular flexibility index (Phi) is 9.12. The summed E-state index contributed by atoms with van der Waals surface area (Å²) in [5.74, 6) is 0. The largest absolute Gasteiger partial charge is 0.310 e. The molecule has 2 aliphatic heterocycles. The smallest absolute Gasteiger partial charge is 0.252 e. The van der Waals surface area contributed by atoms with Crippen LogP contribution in [0.4, 0.5) is 0 Å². The average molecular weight is 983 g/mol. The Balaban J connectivity index is 1.12. The molecule has 77 heavy (non-hydrogen) atoms. The standard InChI is InChI=1S/C74H55BN2/c1-73(2,3)49-33-35-63-59(41-49)60-42-50(74(4,5)6)43-62-72(60)76(63)65-39-48(67-57(45-23-12-8-13-24-45)37-47(44-21-10-7-11-22-44)38-58(67)46-25-14-9-15-26-46)40-66-70(65)75(62)61-32-20-31-56-69-64(77(66)71(56)61)36-34-55-53-29-17-16-27-51(53)52-28-18-19-30-54(52)68(55)69/h7-43H,1-6H3. The summed E-state index contributed by atoms with van der Waals surface area (Å²) in [6.07, 6.45) is 0. The molecule has 0 saturated heterocycles. The van der Waals surface area contributed by atoms with Gasteiger partial charge in [0.25, 0.3) is 6.71 Å². The van der Waals surface area contributed by atoms with Crippen LogP contribution in [0, 0.1) is 0 Å². The molecule has 0 spiro atoms. The Morgan fingerprint density at radius 3 is 1.42 bits per heavy atom. The summed E-state index contributed by atoms with van der Waals surface area (Å²) in [5, 5.41) is 13.0. The van der Waals surface area contributed by atoms with Crippen molar-refractivity contribution in [3.05, 3.63) is 236 Å². The highest BCUT2D eigenvalue weighted by Gasteiger charge is 2.42. The molecular weight excluding hydrogens is 928 g/mol. The maximum atomic E-state index is 2.68. The van der Waals surface area contributed by atoms with Crippen LogP contribution in [0.5, 0.6) is 0 Å². The van der Waals surface area contributed by atoms with E-state index < -0.39 is 0 Å². The van der Waals surface area contributed by atoms with Crippen molar-refractivity contribution in [3.8, 4) is 55.9 Å². The summed E-state index contributed by atoms with van der Waals surface area (Å²) in [5.41, 5.74) is 23.9. The molecule has 2 nitrogen and oxygen atoms in total. The van der Waals surface area contributed by atoms with E-state index in [2.05, 4.69) is 275 Å². The minimum atomic E-state index is -0.0837. The molecule has 0 fully saturated rings.